The minimum Gasteiger partial charge on any atom is -0.343 e. The number of thioether (sulfide) groups is 1. The Hall–Kier alpha value is -2.00. The molecule has 0 N–H and O–H groups in total. The molecule has 0 unspecified atom stereocenters. The molecule has 0 aliphatic heterocycles. The molecular formula is C20H24N2S. The Labute approximate surface area is 143 Å². The van der Waals surface area contributed by atoms with Gasteiger partial charge in [-0.25, -0.2) is 0 Å². The standard InChI is InChI=1S/C20H24N2S/c1-3-15-23-20(21-4-2)22(16-18-11-7-5-8-12-18)17-19-13-9-6-10-14-19/h3,5-14H,1,4,15-17H2,2H3. The van der Waals surface area contributed by atoms with E-state index < -0.39 is 0 Å². The third kappa shape index (κ3) is 5.95. The van der Waals surface area contributed by atoms with E-state index in [4.69, 9.17) is 4.99 Å². The highest BCUT2D eigenvalue weighted by atomic mass is 32.2. The molecule has 2 nitrogen and oxygen atoms in total. The van der Waals surface area contributed by atoms with Crippen LogP contribution in [0.5, 0.6) is 0 Å². The van der Waals surface area contributed by atoms with Crippen LogP contribution in [0.15, 0.2) is 78.3 Å². The van der Waals surface area contributed by atoms with Crippen molar-refractivity contribution in [3.05, 3.63) is 84.4 Å². The van der Waals surface area contributed by atoms with Gasteiger partial charge in [0, 0.05) is 25.4 Å². The lowest BCUT2D eigenvalue weighted by Gasteiger charge is -2.26. The van der Waals surface area contributed by atoms with Crippen molar-refractivity contribution in [1.82, 2.24) is 4.90 Å². The van der Waals surface area contributed by atoms with E-state index in [0.29, 0.717) is 0 Å². The maximum atomic E-state index is 4.71. The summed E-state index contributed by atoms with van der Waals surface area (Å²) in [5.41, 5.74) is 2.60. The van der Waals surface area contributed by atoms with E-state index in [2.05, 4.69) is 79.1 Å². The Morgan fingerprint density at radius 3 is 1.96 bits per heavy atom. The van der Waals surface area contributed by atoms with Gasteiger partial charge in [0.1, 0.15) is 0 Å². The van der Waals surface area contributed by atoms with E-state index in [1.165, 1.54) is 11.1 Å². The van der Waals surface area contributed by atoms with Gasteiger partial charge >= 0.3 is 0 Å². The first-order chi connectivity index (χ1) is 11.3. The molecule has 0 radical (unpaired) electrons. The second-order valence-corrected chi connectivity index (χ2v) is 6.17. The summed E-state index contributed by atoms with van der Waals surface area (Å²) in [6, 6.07) is 21.1. The largest absolute Gasteiger partial charge is 0.343 e. The first-order valence-electron chi connectivity index (χ1n) is 7.94. The third-order valence-electron chi connectivity index (χ3n) is 3.33. The van der Waals surface area contributed by atoms with Gasteiger partial charge in [0.25, 0.3) is 0 Å². The maximum absolute atomic E-state index is 4.71. The van der Waals surface area contributed by atoms with Crippen molar-refractivity contribution < 1.29 is 0 Å². The van der Waals surface area contributed by atoms with E-state index >= 15 is 0 Å². The molecule has 0 aromatic heterocycles. The zero-order chi connectivity index (χ0) is 16.3. The second-order valence-electron chi connectivity index (χ2n) is 5.18. The SMILES string of the molecule is C=CCSC(=NCC)N(Cc1ccccc1)Cc1ccccc1. The molecule has 0 spiro atoms. The average molecular weight is 324 g/mol. The first kappa shape index (κ1) is 17.4. The molecule has 0 atom stereocenters. The van der Waals surface area contributed by atoms with Crippen molar-refractivity contribution in [3.63, 3.8) is 0 Å². The zero-order valence-corrected chi connectivity index (χ0v) is 14.5. The van der Waals surface area contributed by atoms with Crippen molar-refractivity contribution in [2.75, 3.05) is 12.3 Å². The Morgan fingerprint density at radius 1 is 1.00 bits per heavy atom. The lowest BCUT2D eigenvalue weighted by atomic mass is 10.2. The van der Waals surface area contributed by atoms with Crippen LogP contribution in [-0.2, 0) is 13.1 Å². The van der Waals surface area contributed by atoms with Crippen molar-refractivity contribution >= 4 is 16.9 Å². The van der Waals surface area contributed by atoms with Crippen LogP contribution in [0.2, 0.25) is 0 Å². The number of amidine groups is 1. The van der Waals surface area contributed by atoms with Crippen LogP contribution in [0.25, 0.3) is 0 Å². The first-order valence-corrected chi connectivity index (χ1v) is 8.93. The number of rotatable bonds is 7. The monoisotopic (exact) mass is 324 g/mol. The Balaban J connectivity index is 2.21. The fourth-order valence-corrected chi connectivity index (χ4v) is 3.10. The second kappa shape index (κ2) is 9.90. The minimum atomic E-state index is 0.791. The van der Waals surface area contributed by atoms with Crippen molar-refractivity contribution in [1.29, 1.82) is 0 Å². The molecule has 0 saturated heterocycles. The number of aliphatic imine (C=N–C) groups is 1. The summed E-state index contributed by atoms with van der Waals surface area (Å²) in [6.45, 7) is 8.42. The average Bonchev–Trinajstić information content (AvgIpc) is 2.60. The molecule has 0 fully saturated rings. The zero-order valence-electron chi connectivity index (χ0n) is 13.7. The summed E-state index contributed by atoms with van der Waals surface area (Å²) < 4.78 is 0. The van der Waals surface area contributed by atoms with Crippen molar-refractivity contribution in [2.45, 2.75) is 20.0 Å². The Morgan fingerprint density at radius 2 is 1.52 bits per heavy atom. The van der Waals surface area contributed by atoms with E-state index in [0.717, 1.165) is 30.6 Å². The van der Waals surface area contributed by atoms with Crippen LogP contribution < -0.4 is 0 Å². The highest BCUT2D eigenvalue weighted by molar-refractivity contribution is 8.13. The summed E-state index contributed by atoms with van der Waals surface area (Å²) in [4.78, 5) is 7.06. The van der Waals surface area contributed by atoms with Gasteiger partial charge in [-0.05, 0) is 18.1 Å². The quantitative estimate of drug-likeness (QED) is 0.405. The third-order valence-corrected chi connectivity index (χ3v) is 4.37. The molecule has 120 valence electrons. The fourth-order valence-electron chi connectivity index (χ4n) is 2.30. The molecule has 0 aliphatic carbocycles. The number of hydrogen-bond donors (Lipinski definition) is 0. The molecule has 2 aromatic carbocycles. The Kier molecular flexibility index (Phi) is 7.47. The predicted octanol–water partition coefficient (Wildman–Crippen LogP) is 4.98. The summed E-state index contributed by atoms with van der Waals surface area (Å²) >= 11 is 1.75. The number of benzene rings is 2. The fraction of sp³-hybridized carbons (Fsp3) is 0.250. The van der Waals surface area contributed by atoms with Crippen LogP contribution in [0.4, 0.5) is 0 Å². The van der Waals surface area contributed by atoms with Gasteiger partial charge in [0.2, 0.25) is 0 Å². The summed E-state index contributed by atoms with van der Waals surface area (Å²) in [5.74, 6) is 0.874. The molecule has 0 bridgehead atoms. The van der Waals surface area contributed by atoms with Crippen LogP contribution in [0, 0.1) is 0 Å². The summed E-state index contributed by atoms with van der Waals surface area (Å²) in [5, 5.41) is 1.08. The van der Waals surface area contributed by atoms with Gasteiger partial charge in [0.15, 0.2) is 5.17 Å². The van der Waals surface area contributed by atoms with E-state index in [-0.39, 0.29) is 0 Å². The van der Waals surface area contributed by atoms with Gasteiger partial charge in [-0.2, -0.15) is 0 Å². The normalized spacial score (nSPS) is 11.3. The van der Waals surface area contributed by atoms with Crippen LogP contribution >= 0.6 is 11.8 Å². The van der Waals surface area contributed by atoms with Crippen LogP contribution in [0.1, 0.15) is 18.1 Å². The van der Waals surface area contributed by atoms with E-state index in [9.17, 15) is 0 Å². The van der Waals surface area contributed by atoms with Crippen LogP contribution in [-0.4, -0.2) is 22.4 Å². The molecular weight excluding hydrogens is 300 g/mol. The summed E-state index contributed by atoms with van der Waals surface area (Å²) in [7, 11) is 0. The van der Waals surface area contributed by atoms with Gasteiger partial charge < -0.3 is 4.90 Å². The summed E-state index contributed by atoms with van der Waals surface area (Å²) in [6.07, 6.45) is 1.93. The molecule has 2 rings (SSSR count). The lowest BCUT2D eigenvalue weighted by molar-refractivity contribution is 0.413. The van der Waals surface area contributed by atoms with Crippen LogP contribution in [0.3, 0.4) is 0 Å². The number of nitrogens with zero attached hydrogens (tertiary/aromatic N) is 2. The van der Waals surface area contributed by atoms with Gasteiger partial charge in [0.05, 0.1) is 0 Å². The van der Waals surface area contributed by atoms with Gasteiger partial charge in [-0.1, -0.05) is 78.5 Å². The molecule has 0 amide bonds. The minimum absolute atomic E-state index is 0.791. The van der Waals surface area contributed by atoms with Gasteiger partial charge in [-0.15, -0.1) is 6.58 Å². The molecule has 0 heterocycles. The lowest BCUT2D eigenvalue weighted by Crippen LogP contribution is -2.28. The van der Waals surface area contributed by atoms with Crippen molar-refractivity contribution in [2.24, 2.45) is 4.99 Å². The van der Waals surface area contributed by atoms with E-state index in [1.807, 2.05) is 6.08 Å². The molecule has 23 heavy (non-hydrogen) atoms. The maximum Gasteiger partial charge on any atom is 0.160 e. The highest BCUT2D eigenvalue weighted by Gasteiger charge is 2.13. The molecule has 0 saturated carbocycles. The topological polar surface area (TPSA) is 15.6 Å². The van der Waals surface area contributed by atoms with Crippen molar-refractivity contribution in [3.8, 4) is 0 Å². The smallest absolute Gasteiger partial charge is 0.160 e. The number of hydrogen-bond acceptors (Lipinski definition) is 2. The molecule has 0 aliphatic rings. The predicted molar refractivity (Wildman–Crippen MR) is 103 cm³/mol. The van der Waals surface area contributed by atoms with E-state index in [1.54, 1.807) is 11.8 Å². The molecule has 3 heteroatoms. The highest BCUT2D eigenvalue weighted by Crippen LogP contribution is 2.17. The molecule has 2 aromatic rings. The van der Waals surface area contributed by atoms with Gasteiger partial charge in [-0.3, -0.25) is 4.99 Å². The Bertz CT molecular complexity index is 567.